The zero-order chi connectivity index (χ0) is 17.0. The van der Waals surface area contributed by atoms with E-state index in [1.807, 2.05) is 25.1 Å². The van der Waals surface area contributed by atoms with Gasteiger partial charge in [-0.1, -0.05) is 12.1 Å². The van der Waals surface area contributed by atoms with E-state index >= 15 is 0 Å². The van der Waals surface area contributed by atoms with Gasteiger partial charge in [-0.25, -0.2) is 4.98 Å². The third-order valence-corrected chi connectivity index (χ3v) is 4.91. The maximum atomic E-state index is 12.5. The van der Waals surface area contributed by atoms with Crippen LogP contribution in [0, 0.1) is 6.92 Å². The van der Waals surface area contributed by atoms with Crippen LogP contribution in [-0.2, 0) is 16.1 Å². The molecule has 2 aromatic rings. The van der Waals surface area contributed by atoms with Crippen LogP contribution in [0.15, 0.2) is 24.3 Å². The summed E-state index contributed by atoms with van der Waals surface area (Å²) in [5.41, 5.74) is 1.50. The standard InChI is InChI=1S/C18H26N4O2.2ClH/c1-14-21-15-6-3-4-7-16(15)22(14)13-5-10-20-17(23)18(24-2)8-11-19-12-9-18;;/h3-4,6-7,19H,5,8-13H2,1-2H3,(H,20,23);2*1H. The van der Waals surface area contributed by atoms with Crippen molar-refractivity contribution in [2.24, 2.45) is 0 Å². The molecule has 2 heterocycles. The molecule has 3 rings (SSSR count). The van der Waals surface area contributed by atoms with E-state index in [4.69, 9.17) is 4.74 Å². The molecule has 0 atom stereocenters. The third kappa shape index (κ3) is 4.68. The van der Waals surface area contributed by atoms with Gasteiger partial charge in [0.05, 0.1) is 11.0 Å². The minimum Gasteiger partial charge on any atom is -0.368 e. The van der Waals surface area contributed by atoms with Crippen LogP contribution in [-0.4, -0.2) is 47.8 Å². The number of aryl methyl sites for hydroxylation is 2. The van der Waals surface area contributed by atoms with E-state index < -0.39 is 5.60 Å². The molecule has 0 radical (unpaired) electrons. The molecule has 0 unspecified atom stereocenters. The molecule has 26 heavy (non-hydrogen) atoms. The van der Waals surface area contributed by atoms with Crippen molar-refractivity contribution in [3.05, 3.63) is 30.1 Å². The first kappa shape index (κ1) is 22.7. The van der Waals surface area contributed by atoms with Gasteiger partial charge in [-0.3, -0.25) is 4.79 Å². The van der Waals surface area contributed by atoms with E-state index in [1.54, 1.807) is 7.11 Å². The maximum Gasteiger partial charge on any atom is 0.252 e. The molecule has 0 aliphatic carbocycles. The molecular weight excluding hydrogens is 375 g/mol. The van der Waals surface area contributed by atoms with Crippen LogP contribution >= 0.6 is 24.8 Å². The maximum absolute atomic E-state index is 12.5. The summed E-state index contributed by atoms with van der Waals surface area (Å²) in [6.07, 6.45) is 2.31. The summed E-state index contributed by atoms with van der Waals surface area (Å²) in [7, 11) is 1.63. The average Bonchev–Trinajstić information content (AvgIpc) is 2.94. The smallest absolute Gasteiger partial charge is 0.252 e. The minimum absolute atomic E-state index is 0. The molecule has 146 valence electrons. The normalized spacial score (nSPS) is 15.8. The Labute approximate surface area is 166 Å². The summed E-state index contributed by atoms with van der Waals surface area (Å²) in [6.45, 7) is 5.15. The Bertz CT molecular complexity index is 714. The van der Waals surface area contributed by atoms with Crippen LogP contribution in [0.2, 0.25) is 0 Å². The van der Waals surface area contributed by atoms with Gasteiger partial charge in [0.25, 0.3) is 5.91 Å². The number of amides is 1. The van der Waals surface area contributed by atoms with Crippen molar-refractivity contribution >= 4 is 41.8 Å². The summed E-state index contributed by atoms with van der Waals surface area (Å²) >= 11 is 0. The van der Waals surface area contributed by atoms with Crippen LogP contribution < -0.4 is 10.6 Å². The molecule has 8 heteroatoms. The first-order chi connectivity index (χ1) is 11.7. The number of hydrogen-bond acceptors (Lipinski definition) is 4. The lowest BCUT2D eigenvalue weighted by atomic mass is 9.91. The van der Waals surface area contributed by atoms with Crippen molar-refractivity contribution in [1.29, 1.82) is 0 Å². The fraction of sp³-hybridized carbons (Fsp3) is 0.556. The topological polar surface area (TPSA) is 68.2 Å². The number of para-hydroxylation sites is 2. The molecule has 0 bridgehead atoms. The quantitative estimate of drug-likeness (QED) is 0.728. The van der Waals surface area contributed by atoms with Gasteiger partial charge in [-0.15, -0.1) is 24.8 Å². The number of nitrogens with zero attached hydrogens (tertiary/aromatic N) is 2. The number of fused-ring (bicyclic) bond motifs is 1. The van der Waals surface area contributed by atoms with E-state index in [0.717, 1.165) is 55.8 Å². The van der Waals surface area contributed by atoms with Crippen molar-refractivity contribution in [2.75, 3.05) is 26.7 Å². The summed E-state index contributed by atoms with van der Waals surface area (Å²) < 4.78 is 7.76. The molecule has 1 aliphatic rings. The number of methoxy groups -OCH3 is 1. The lowest BCUT2D eigenvalue weighted by Crippen LogP contribution is -2.54. The van der Waals surface area contributed by atoms with E-state index in [2.05, 4.69) is 26.3 Å². The first-order valence-electron chi connectivity index (χ1n) is 8.62. The number of nitrogens with one attached hydrogen (secondary N) is 2. The van der Waals surface area contributed by atoms with Crippen LogP contribution in [0.4, 0.5) is 0 Å². The summed E-state index contributed by atoms with van der Waals surface area (Å²) in [6, 6.07) is 8.15. The lowest BCUT2D eigenvalue weighted by Gasteiger charge is -2.34. The van der Waals surface area contributed by atoms with Gasteiger partial charge in [0.15, 0.2) is 0 Å². The molecule has 1 fully saturated rings. The summed E-state index contributed by atoms with van der Waals surface area (Å²) in [4.78, 5) is 17.1. The van der Waals surface area contributed by atoms with Gasteiger partial charge >= 0.3 is 0 Å². The second-order valence-corrected chi connectivity index (χ2v) is 6.36. The number of piperidine rings is 1. The molecule has 1 amide bonds. The predicted molar refractivity (Wildman–Crippen MR) is 108 cm³/mol. The predicted octanol–water partition coefficient (Wildman–Crippen LogP) is 2.46. The first-order valence-corrected chi connectivity index (χ1v) is 8.62. The van der Waals surface area contributed by atoms with Crippen molar-refractivity contribution in [2.45, 2.75) is 38.3 Å². The van der Waals surface area contributed by atoms with Crippen molar-refractivity contribution in [3.8, 4) is 0 Å². The molecule has 0 spiro atoms. The number of carbonyl (C=O) groups excluding carboxylic acids is 1. The van der Waals surface area contributed by atoms with Gasteiger partial charge in [0, 0.05) is 20.2 Å². The number of aromatic nitrogens is 2. The Morgan fingerprint density at radius 2 is 2.00 bits per heavy atom. The van der Waals surface area contributed by atoms with Crippen molar-refractivity contribution in [3.63, 3.8) is 0 Å². The number of imidazole rings is 1. The Kier molecular flexibility index (Phi) is 8.83. The Balaban J connectivity index is 0.00000169. The van der Waals surface area contributed by atoms with Gasteiger partial charge in [-0.05, 0) is 51.4 Å². The zero-order valence-corrected chi connectivity index (χ0v) is 16.9. The zero-order valence-electron chi connectivity index (χ0n) is 15.3. The molecule has 1 aromatic heterocycles. The molecule has 2 N–H and O–H groups in total. The Morgan fingerprint density at radius 1 is 1.31 bits per heavy atom. The van der Waals surface area contributed by atoms with Crippen LogP contribution in [0.3, 0.4) is 0 Å². The Morgan fingerprint density at radius 3 is 2.69 bits per heavy atom. The largest absolute Gasteiger partial charge is 0.368 e. The number of benzene rings is 1. The van der Waals surface area contributed by atoms with E-state index in [0.29, 0.717) is 6.54 Å². The van der Waals surface area contributed by atoms with Crippen LogP contribution in [0.5, 0.6) is 0 Å². The fourth-order valence-electron chi connectivity index (χ4n) is 3.43. The second-order valence-electron chi connectivity index (χ2n) is 6.36. The number of halogens is 2. The highest BCUT2D eigenvalue weighted by Gasteiger charge is 2.39. The van der Waals surface area contributed by atoms with E-state index in [9.17, 15) is 4.79 Å². The number of carbonyl (C=O) groups is 1. The van der Waals surface area contributed by atoms with Gasteiger partial charge in [0.2, 0.25) is 0 Å². The van der Waals surface area contributed by atoms with E-state index in [-0.39, 0.29) is 30.7 Å². The number of hydrogen-bond donors (Lipinski definition) is 2. The molecule has 0 saturated carbocycles. The molecule has 6 nitrogen and oxygen atoms in total. The van der Waals surface area contributed by atoms with Gasteiger partial charge < -0.3 is 19.9 Å². The van der Waals surface area contributed by atoms with Crippen molar-refractivity contribution in [1.82, 2.24) is 20.2 Å². The van der Waals surface area contributed by atoms with E-state index in [1.165, 1.54) is 0 Å². The lowest BCUT2D eigenvalue weighted by molar-refractivity contribution is -0.146. The summed E-state index contributed by atoms with van der Waals surface area (Å²) in [5.74, 6) is 1.02. The third-order valence-electron chi connectivity index (χ3n) is 4.91. The number of ether oxygens (including phenoxy) is 1. The molecule has 1 aromatic carbocycles. The average molecular weight is 403 g/mol. The van der Waals surface area contributed by atoms with Gasteiger partial charge in [-0.2, -0.15) is 0 Å². The van der Waals surface area contributed by atoms with Crippen LogP contribution in [0.1, 0.15) is 25.1 Å². The minimum atomic E-state index is -0.664. The SMILES string of the molecule is COC1(C(=O)NCCCn2c(C)nc3ccccc32)CCNCC1.Cl.Cl. The van der Waals surface area contributed by atoms with Gasteiger partial charge in [0.1, 0.15) is 11.4 Å². The highest BCUT2D eigenvalue weighted by Crippen LogP contribution is 2.22. The van der Waals surface area contributed by atoms with Crippen LogP contribution in [0.25, 0.3) is 11.0 Å². The molecular formula is C18H28Cl2N4O2. The highest BCUT2D eigenvalue weighted by atomic mass is 35.5. The Hall–Kier alpha value is -1.34. The molecule has 1 saturated heterocycles. The number of rotatable bonds is 6. The molecule has 1 aliphatic heterocycles. The fourth-order valence-corrected chi connectivity index (χ4v) is 3.43. The monoisotopic (exact) mass is 402 g/mol. The summed E-state index contributed by atoms with van der Waals surface area (Å²) in [5, 5.41) is 6.32. The second kappa shape index (κ2) is 10.1. The highest BCUT2D eigenvalue weighted by molar-refractivity contribution is 5.86. The van der Waals surface area contributed by atoms with Crippen molar-refractivity contribution < 1.29 is 9.53 Å².